The lowest BCUT2D eigenvalue weighted by atomic mass is 10.1. The number of aromatic nitrogens is 1. The summed E-state index contributed by atoms with van der Waals surface area (Å²) < 4.78 is 22.9. The number of sulfone groups is 1. The Labute approximate surface area is 112 Å². The first-order valence-corrected chi connectivity index (χ1v) is 7.54. The van der Waals surface area contributed by atoms with E-state index in [1.165, 1.54) is 18.3 Å². The van der Waals surface area contributed by atoms with Gasteiger partial charge in [-0.3, -0.25) is 9.78 Å². The summed E-state index contributed by atoms with van der Waals surface area (Å²) in [4.78, 5) is 16.4. The van der Waals surface area contributed by atoms with Gasteiger partial charge in [0.15, 0.2) is 15.6 Å². The second-order valence-corrected chi connectivity index (χ2v) is 6.33. The Balaban J connectivity index is 2.42. The van der Waals surface area contributed by atoms with E-state index in [4.69, 9.17) is 0 Å². The summed E-state index contributed by atoms with van der Waals surface area (Å²) in [7, 11) is -3.32. The van der Waals surface area contributed by atoms with Crippen molar-refractivity contribution in [2.24, 2.45) is 0 Å². The number of hydrogen-bond donors (Lipinski definition) is 0. The lowest BCUT2D eigenvalue weighted by Crippen LogP contribution is -2.04. The fourth-order valence-corrected chi connectivity index (χ4v) is 2.30. The van der Waals surface area contributed by atoms with E-state index in [-0.39, 0.29) is 10.7 Å². The van der Waals surface area contributed by atoms with Crippen LogP contribution in [0.2, 0.25) is 0 Å². The minimum atomic E-state index is -3.32. The second-order valence-electron chi connectivity index (χ2n) is 4.32. The molecule has 2 aromatic rings. The fraction of sp³-hybridized carbons (Fsp3) is 0.143. The Morgan fingerprint density at radius 1 is 1.11 bits per heavy atom. The molecule has 0 atom stereocenters. The van der Waals surface area contributed by atoms with Gasteiger partial charge in [-0.15, -0.1) is 0 Å². The van der Waals surface area contributed by atoms with E-state index in [2.05, 4.69) is 4.98 Å². The molecule has 0 unspecified atom stereocenters. The van der Waals surface area contributed by atoms with Crippen molar-refractivity contribution in [1.82, 2.24) is 4.98 Å². The molecule has 5 heteroatoms. The molecule has 0 fully saturated rings. The third kappa shape index (κ3) is 3.06. The molecule has 0 spiro atoms. The zero-order chi connectivity index (χ0) is 14.0. The van der Waals surface area contributed by atoms with Crippen LogP contribution in [0.25, 0.3) is 0 Å². The van der Waals surface area contributed by atoms with Crippen molar-refractivity contribution in [3.05, 3.63) is 59.4 Å². The maximum Gasteiger partial charge on any atom is 0.194 e. The van der Waals surface area contributed by atoms with Crippen LogP contribution in [0.3, 0.4) is 0 Å². The lowest BCUT2D eigenvalue weighted by molar-refractivity contribution is 0.103. The van der Waals surface area contributed by atoms with Crippen LogP contribution in [0, 0.1) is 6.92 Å². The van der Waals surface area contributed by atoms with E-state index in [1.807, 2.05) is 6.92 Å². The zero-order valence-corrected chi connectivity index (χ0v) is 11.4. The summed E-state index contributed by atoms with van der Waals surface area (Å²) in [5.74, 6) is -0.238. The van der Waals surface area contributed by atoms with Gasteiger partial charge >= 0.3 is 0 Å². The van der Waals surface area contributed by atoms with Gasteiger partial charge in [-0.1, -0.05) is 12.1 Å². The number of ketones is 1. The van der Waals surface area contributed by atoms with Crippen LogP contribution in [-0.4, -0.2) is 25.4 Å². The molecule has 0 bridgehead atoms. The topological polar surface area (TPSA) is 64.1 Å². The van der Waals surface area contributed by atoms with Gasteiger partial charge < -0.3 is 0 Å². The lowest BCUT2D eigenvalue weighted by Gasteiger charge is -2.03. The Morgan fingerprint density at radius 2 is 1.84 bits per heavy atom. The monoisotopic (exact) mass is 275 g/mol. The van der Waals surface area contributed by atoms with Crippen LogP contribution >= 0.6 is 0 Å². The zero-order valence-electron chi connectivity index (χ0n) is 10.6. The van der Waals surface area contributed by atoms with Crippen LogP contribution in [0.4, 0.5) is 0 Å². The van der Waals surface area contributed by atoms with Crippen molar-refractivity contribution in [3.8, 4) is 0 Å². The Hall–Kier alpha value is -2.01. The van der Waals surface area contributed by atoms with Gasteiger partial charge in [0.25, 0.3) is 0 Å². The summed E-state index contributed by atoms with van der Waals surface area (Å²) in [6.45, 7) is 1.83. The van der Waals surface area contributed by atoms with Crippen molar-refractivity contribution in [3.63, 3.8) is 0 Å². The molecule has 19 heavy (non-hydrogen) atoms. The SMILES string of the molecule is Cc1ccc(C(=O)c2cccc(S(C)(=O)=O)c2)cn1. The van der Waals surface area contributed by atoms with E-state index < -0.39 is 9.84 Å². The third-order valence-electron chi connectivity index (χ3n) is 2.70. The van der Waals surface area contributed by atoms with Crippen molar-refractivity contribution < 1.29 is 13.2 Å². The van der Waals surface area contributed by atoms with Gasteiger partial charge in [-0.05, 0) is 31.2 Å². The molecule has 0 saturated carbocycles. The van der Waals surface area contributed by atoms with Crippen LogP contribution in [0.1, 0.15) is 21.6 Å². The van der Waals surface area contributed by atoms with E-state index in [9.17, 15) is 13.2 Å². The Kier molecular flexibility index (Phi) is 3.48. The molecule has 1 heterocycles. The quantitative estimate of drug-likeness (QED) is 0.804. The third-order valence-corrected chi connectivity index (χ3v) is 3.81. The molecule has 0 amide bonds. The summed E-state index contributed by atoms with van der Waals surface area (Å²) in [6, 6.07) is 9.44. The first-order valence-electron chi connectivity index (χ1n) is 5.65. The number of carbonyl (C=O) groups is 1. The first-order chi connectivity index (χ1) is 8.88. The molecular formula is C14H13NO3S. The van der Waals surface area contributed by atoms with Crippen molar-refractivity contribution in [1.29, 1.82) is 0 Å². The number of benzene rings is 1. The minimum absolute atomic E-state index is 0.137. The highest BCUT2D eigenvalue weighted by molar-refractivity contribution is 7.90. The average molecular weight is 275 g/mol. The van der Waals surface area contributed by atoms with Gasteiger partial charge in [0.1, 0.15) is 0 Å². The molecule has 4 nitrogen and oxygen atoms in total. The number of aryl methyl sites for hydroxylation is 1. The van der Waals surface area contributed by atoms with Crippen molar-refractivity contribution in [2.75, 3.05) is 6.26 Å². The van der Waals surface area contributed by atoms with Gasteiger partial charge in [0.05, 0.1) is 4.90 Å². The van der Waals surface area contributed by atoms with E-state index >= 15 is 0 Å². The van der Waals surface area contributed by atoms with E-state index in [1.54, 1.807) is 24.3 Å². The van der Waals surface area contributed by atoms with E-state index in [0.29, 0.717) is 11.1 Å². The highest BCUT2D eigenvalue weighted by Gasteiger charge is 2.13. The van der Waals surface area contributed by atoms with E-state index in [0.717, 1.165) is 11.9 Å². The van der Waals surface area contributed by atoms with Crippen molar-refractivity contribution >= 4 is 15.6 Å². The maximum absolute atomic E-state index is 12.2. The molecule has 98 valence electrons. The van der Waals surface area contributed by atoms with Crippen LogP contribution in [0.5, 0.6) is 0 Å². The highest BCUT2D eigenvalue weighted by atomic mass is 32.2. The van der Waals surface area contributed by atoms with Crippen LogP contribution < -0.4 is 0 Å². The van der Waals surface area contributed by atoms with Gasteiger partial charge in [0, 0.05) is 29.3 Å². The summed E-state index contributed by atoms with van der Waals surface area (Å²) in [6.07, 6.45) is 2.61. The molecule has 0 N–H and O–H groups in total. The molecule has 0 aliphatic rings. The fourth-order valence-electron chi connectivity index (χ4n) is 1.64. The molecule has 2 rings (SSSR count). The predicted octanol–water partition coefficient (Wildman–Crippen LogP) is 2.02. The standard InChI is InChI=1S/C14H13NO3S/c1-10-6-7-12(9-15-10)14(16)11-4-3-5-13(8-11)19(2,17)18/h3-9H,1-2H3. The highest BCUT2D eigenvalue weighted by Crippen LogP contribution is 2.15. The number of nitrogens with zero attached hydrogens (tertiary/aromatic N) is 1. The second kappa shape index (κ2) is 4.93. The van der Waals surface area contributed by atoms with Crippen LogP contribution in [0.15, 0.2) is 47.5 Å². The molecule has 1 aromatic heterocycles. The molecule has 0 radical (unpaired) electrons. The number of rotatable bonds is 3. The predicted molar refractivity (Wildman–Crippen MR) is 72.0 cm³/mol. The van der Waals surface area contributed by atoms with Gasteiger partial charge in [0.2, 0.25) is 0 Å². The summed E-state index contributed by atoms with van der Waals surface area (Å²) in [5, 5.41) is 0. The van der Waals surface area contributed by atoms with Gasteiger partial charge in [-0.2, -0.15) is 0 Å². The van der Waals surface area contributed by atoms with Gasteiger partial charge in [-0.25, -0.2) is 8.42 Å². The average Bonchev–Trinajstić information content (AvgIpc) is 2.38. The molecule has 1 aromatic carbocycles. The first kappa shape index (κ1) is 13.4. The molecule has 0 aliphatic heterocycles. The number of pyridine rings is 1. The maximum atomic E-state index is 12.2. The van der Waals surface area contributed by atoms with Crippen LogP contribution in [-0.2, 0) is 9.84 Å². The molecular weight excluding hydrogens is 262 g/mol. The summed E-state index contributed by atoms with van der Waals surface area (Å²) in [5.41, 5.74) is 1.60. The smallest absolute Gasteiger partial charge is 0.194 e. The minimum Gasteiger partial charge on any atom is -0.289 e. The molecule has 0 aliphatic carbocycles. The number of carbonyl (C=O) groups excluding carboxylic acids is 1. The summed E-state index contributed by atoms with van der Waals surface area (Å²) >= 11 is 0. The molecule has 0 saturated heterocycles. The van der Waals surface area contributed by atoms with Crippen molar-refractivity contribution in [2.45, 2.75) is 11.8 Å². The largest absolute Gasteiger partial charge is 0.289 e. The Bertz CT molecular complexity index is 719. The normalized spacial score (nSPS) is 11.3. The Morgan fingerprint density at radius 3 is 2.42 bits per heavy atom. The number of hydrogen-bond acceptors (Lipinski definition) is 4.